The lowest BCUT2D eigenvalue weighted by Crippen LogP contribution is -2.73. The first kappa shape index (κ1) is 12.3. The van der Waals surface area contributed by atoms with E-state index in [0.717, 1.165) is 51.9 Å². The van der Waals surface area contributed by atoms with Crippen molar-refractivity contribution in [2.75, 3.05) is 26.2 Å². The Morgan fingerprint density at radius 3 is 2.22 bits per heavy atom. The van der Waals surface area contributed by atoms with E-state index in [1.165, 1.54) is 12.8 Å². The SMILES string of the molecule is O=C1C(=[N+]2CCCCC2)C([O-])C1N1CCCCC1. The highest BCUT2D eigenvalue weighted by molar-refractivity contribution is 6.48. The molecule has 0 spiro atoms. The first-order valence-corrected chi connectivity index (χ1v) is 7.35. The summed E-state index contributed by atoms with van der Waals surface area (Å²) >= 11 is 0. The largest absolute Gasteiger partial charge is 0.843 e. The first-order valence-electron chi connectivity index (χ1n) is 7.35. The Morgan fingerprint density at radius 1 is 1.00 bits per heavy atom. The van der Waals surface area contributed by atoms with E-state index in [1.807, 2.05) is 0 Å². The zero-order chi connectivity index (χ0) is 12.5. The molecule has 2 unspecified atom stereocenters. The van der Waals surface area contributed by atoms with Gasteiger partial charge >= 0.3 is 0 Å². The second-order valence-electron chi connectivity index (χ2n) is 5.76. The number of carbonyl (C=O) groups excluding carboxylic acids is 1. The second kappa shape index (κ2) is 5.10. The molecule has 0 aromatic rings. The third-order valence-electron chi connectivity index (χ3n) is 4.56. The van der Waals surface area contributed by atoms with Crippen molar-refractivity contribution in [3.05, 3.63) is 0 Å². The van der Waals surface area contributed by atoms with Crippen molar-refractivity contribution in [1.29, 1.82) is 0 Å². The maximum absolute atomic E-state index is 12.3. The molecule has 2 saturated heterocycles. The van der Waals surface area contributed by atoms with E-state index in [-0.39, 0.29) is 11.8 Å². The van der Waals surface area contributed by atoms with Crippen LogP contribution in [0.4, 0.5) is 0 Å². The monoisotopic (exact) mass is 250 g/mol. The Morgan fingerprint density at radius 2 is 1.61 bits per heavy atom. The molecule has 3 rings (SSSR count). The number of Topliss-reactive ketones (excluding diaryl/α,β-unsaturated/α-hetero) is 1. The summed E-state index contributed by atoms with van der Waals surface area (Å²) in [5, 5.41) is 12.3. The molecular formula is C14H22N2O2. The molecule has 0 aromatic carbocycles. The van der Waals surface area contributed by atoms with Crippen LogP contribution in [-0.2, 0) is 4.79 Å². The molecule has 4 heteroatoms. The van der Waals surface area contributed by atoms with E-state index < -0.39 is 6.10 Å². The molecule has 3 fully saturated rings. The maximum Gasteiger partial charge on any atom is 0.236 e. The molecule has 2 atom stereocenters. The highest BCUT2D eigenvalue weighted by Gasteiger charge is 2.49. The van der Waals surface area contributed by atoms with Gasteiger partial charge in [-0.2, -0.15) is 0 Å². The van der Waals surface area contributed by atoms with Gasteiger partial charge in [-0.3, -0.25) is 9.69 Å². The van der Waals surface area contributed by atoms with Gasteiger partial charge < -0.3 is 5.11 Å². The van der Waals surface area contributed by atoms with E-state index >= 15 is 0 Å². The molecule has 0 amide bonds. The van der Waals surface area contributed by atoms with Gasteiger partial charge in [0.05, 0.1) is 6.04 Å². The summed E-state index contributed by atoms with van der Waals surface area (Å²) in [6.07, 6.45) is 6.20. The maximum atomic E-state index is 12.3. The number of hydrogen-bond donors (Lipinski definition) is 0. The highest BCUT2D eigenvalue weighted by Crippen LogP contribution is 2.23. The second-order valence-corrected chi connectivity index (χ2v) is 5.76. The molecule has 3 aliphatic rings. The molecule has 1 saturated carbocycles. The van der Waals surface area contributed by atoms with Gasteiger partial charge in [-0.1, -0.05) is 6.42 Å². The van der Waals surface area contributed by atoms with Crippen LogP contribution < -0.4 is 5.11 Å². The number of piperidine rings is 2. The topological polar surface area (TPSA) is 46.4 Å². The number of rotatable bonds is 1. The Kier molecular flexibility index (Phi) is 3.48. The molecule has 2 aliphatic heterocycles. The zero-order valence-corrected chi connectivity index (χ0v) is 10.9. The number of carbonyl (C=O) groups is 1. The van der Waals surface area contributed by atoms with Crippen LogP contribution in [-0.4, -0.2) is 59.3 Å². The standard InChI is InChI=1S/C14H22N2O2/c17-13-11(15-7-3-1-4-8-15)14(18)12(13)16-9-5-2-6-10-16/h11,13H,1-10H2. The van der Waals surface area contributed by atoms with Crippen LogP contribution in [0.2, 0.25) is 0 Å². The van der Waals surface area contributed by atoms with E-state index in [4.69, 9.17) is 0 Å². The number of ketones is 1. The predicted molar refractivity (Wildman–Crippen MR) is 66.9 cm³/mol. The Labute approximate surface area is 108 Å². The van der Waals surface area contributed by atoms with Gasteiger partial charge in [-0.05, 0) is 38.5 Å². The molecule has 1 aliphatic carbocycles. The van der Waals surface area contributed by atoms with Crippen LogP contribution in [0.3, 0.4) is 0 Å². The van der Waals surface area contributed by atoms with Crippen LogP contribution >= 0.6 is 0 Å². The van der Waals surface area contributed by atoms with E-state index in [9.17, 15) is 9.90 Å². The third-order valence-corrected chi connectivity index (χ3v) is 4.56. The summed E-state index contributed by atoms with van der Waals surface area (Å²) in [6.45, 7) is 3.68. The van der Waals surface area contributed by atoms with Crippen LogP contribution in [0.5, 0.6) is 0 Å². The van der Waals surface area contributed by atoms with E-state index in [0.29, 0.717) is 5.71 Å². The third kappa shape index (κ3) is 2.01. The summed E-state index contributed by atoms with van der Waals surface area (Å²) in [6, 6.07) is -0.345. The number of likely N-dealkylation sites (tertiary alicyclic amines) is 1. The normalized spacial score (nSPS) is 34.6. The highest BCUT2D eigenvalue weighted by atomic mass is 16.3. The van der Waals surface area contributed by atoms with Crippen molar-refractivity contribution in [2.45, 2.75) is 50.7 Å². The van der Waals surface area contributed by atoms with Gasteiger partial charge in [0.25, 0.3) is 0 Å². The fraction of sp³-hybridized carbons (Fsp3) is 0.857. The van der Waals surface area contributed by atoms with E-state index in [2.05, 4.69) is 9.48 Å². The van der Waals surface area contributed by atoms with Crippen molar-refractivity contribution in [3.8, 4) is 0 Å². The summed E-state index contributed by atoms with van der Waals surface area (Å²) in [4.78, 5) is 14.4. The summed E-state index contributed by atoms with van der Waals surface area (Å²) < 4.78 is 2.06. The van der Waals surface area contributed by atoms with Crippen molar-refractivity contribution in [2.24, 2.45) is 0 Å². The molecule has 0 N–H and O–H groups in total. The van der Waals surface area contributed by atoms with Crippen LogP contribution in [0.15, 0.2) is 0 Å². The lowest BCUT2D eigenvalue weighted by atomic mass is 9.81. The zero-order valence-electron chi connectivity index (χ0n) is 10.9. The first-order chi connectivity index (χ1) is 8.79. The van der Waals surface area contributed by atoms with Crippen molar-refractivity contribution in [1.82, 2.24) is 4.90 Å². The van der Waals surface area contributed by atoms with Crippen molar-refractivity contribution < 1.29 is 14.5 Å². The van der Waals surface area contributed by atoms with Crippen LogP contribution in [0.1, 0.15) is 38.5 Å². The fourth-order valence-electron chi connectivity index (χ4n) is 3.51. The van der Waals surface area contributed by atoms with Crippen molar-refractivity contribution >= 4 is 11.5 Å². The number of hydrogen-bond acceptors (Lipinski definition) is 3. The average molecular weight is 250 g/mol. The Hall–Kier alpha value is -0.740. The summed E-state index contributed by atoms with van der Waals surface area (Å²) in [5.74, 6) is 0.124. The molecule has 0 radical (unpaired) electrons. The quantitative estimate of drug-likeness (QED) is 0.605. The molecule has 0 bridgehead atoms. The fourth-order valence-corrected chi connectivity index (χ4v) is 3.51. The van der Waals surface area contributed by atoms with Gasteiger partial charge in [-0.25, -0.2) is 4.58 Å². The van der Waals surface area contributed by atoms with Crippen molar-refractivity contribution in [3.63, 3.8) is 0 Å². The minimum absolute atomic E-state index is 0.124. The molecular weight excluding hydrogens is 228 g/mol. The molecule has 18 heavy (non-hydrogen) atoms. The smallest absolute Gasteiger partial charge is 0.236 e. The summed E-state index contributed by atoms with van der Waals surface area (Å²) in [5.41, 5.74) is 0.588. The summed E-state index contributed by atoms with van der Waals surface area (Å²) in [7, 11) is 0. The van der Waals surface area contributed by atoms with Gasteiger partial charge in [0, 0.05) is 12.8 Å². The Balaban J connectivity index is 1.72. The van der Waals surface area contributed by atoms with Gasteiger partial charge in [0.15, 0.2) is 0 Å². The predicted octanol–water partition coefficient (Wildman–Crippen LogP) is -0.210. The average Bonchev–Trinajstić information content (AvgIpc) is 2.41. The van der Waals surface area contributed by atoms with Crippen LogP contribution in [0, 0.1) is 0 Å². The van der Waals surface area contributed by atoms with Gasteiger partial charge in [0.1, 0.15) is 13.1 Å². The van der Waals surface area contributed by atoms with E-state index in [1.54, 1.807) is 0 Å². The molecule has 100 valence electrons. The minimum atomic E-state index is -0.784. The van der Waals surface area contributed by atoms with Gasteiger partial charge in [0.2, 0.25) is 11.5 Å². The minimum Gasteiger partial charge on any atom is -0.843 e. The Bertz CT molecular complexity index is 364. The van der Waals surface area contributed by atoms with Gasteiger partial charge in [-0.15, -0.1) is 0 Å². The molecule has 2 heterocycles. The molecule has 4 nitrogen and oxygen atoms in total. The van der Waals surface area contributed by atoms with Crippen LogP contribution in [0.25, 0.3) is 0 Å². The number of nitrogens with zero attached hydrogens (tertiary/aromatic N) is 2. The lowest BCUT2D eigenvalue weighted by molar-refractivity contribution is -0.550. The lowest BCUT2D eigenvalue weighted by Gasteiger charge is -2.47. The molecule has 0 aromatic heterocycles.